The highest BCUT2D eigenvalue weighted by atomic mass is 32.2. The highest BCUT2D eigenvalue weighted by Gasteiger charge is 2.08. The summed E-state index contributed by atoms with van der Waals surface area (Å²) in [5, 5.41) is 12.1. The molecule has 0 spiro atoms. The van der Waals surface area contributed by atoms with Crippen LogP contribution in [0.25, 0.3) is 0 Å². The lowest BCUT2D eigenvalue weighted by atomic mass is 10.4. The molecule has 6 nitrogen and oxygen atoms in total. The van der Waals surface area contributed by atoms with E-state index in [1.165, 1.54) is 0 Å². The van der Waals surface area contributed by atoms with Gasteiger partial charge in [-0.25, -0.2) is 13.1 Å². The van der Waals surface area contributed by atoms with Crippen LogP contribution in [0.4, 0.5) is 0 Å². The highest BCUT2D eigenvalue weighted by Crippen LogP contribution is 1.96. The van der Waals surface area contributed by atoms with Crippen molar-refractivity contribution >= 4 is 10.0 Å². The molecule has 0 aliphatic heterocycles. The SMILES string of the molecule is Cn1cc(CNS(=O)(=O)CC#N)cn1. The largest absolute Gasteiger partial charge is 0.275 e. The zero-order valence-electron chi connectivity index (χ0n) is 7.64. The Morgan fingerprint density at radius 2 is 2.43 bits per heavy atom. The van der Waals surface area contributed by atoms with E-state index < -0.39 is 15.8 Å². The van der Waals surface area contributed by atoms with Crippen molar-refractivity contribution < 1.29 is 8.42 Å². The van der Waals surface area contributed by atoms with Gasteiger partial charge in [0.1, 0.15) is 0 Å². The summed E-state index contributed by atoms with van der Waals surface area (Å²) in [5.41, 5.74) is 0.758. The number of aryl methyl sites for hydroxylation is 1. The first-order valence-corrected chi connectivity index (χ1v) is 5.50. The lowest BCUT2D eigenvalue weighted by molar-refractivity contribution is 0.585. The van der Waals surface area contributed by atoms with E-state index in [2.05, 4.69) is 9.82 Å². The summed E-state index contributed by atoms with van der Waals surface area (Å²) in [6, 6.07) is 1.58. The van der Waals surface area contributed by atoms with Crippen molar-refractivity contribution in [2.24, 2.45) is 7.05 Å². The maximum Gasteiger partial charge on any atom is 0.225 e. The molecule has 7 heteroatoms. The Labute approximate surface area is 82.2 Å². The molecule has 1 heterocycles. The predicted molar refractivity (Wildman–Crippen MR) is 49.4 cm³/mol. The first kappa shape index (κ1) is 10.7. The second-order valence-corrected chi connectivity index (χ2v) is 4.57. The Hall–Kier alpha value is -1.39. The summed E-state index contributed by atoms with van der Waals surface area (Å²) in [6.45, 7) is 0.165. The van der Waals surface area contributed by atoms with Crippen molar-refractivity contribution in [3.05, 3.63) is 18.0 Å². The molecule has 0 bridgehead atoms. The molecule has 14 heavy (non-hydrogen) atoms. The molecule has 0 aliphatic carbocycles. The van der Waals surface area contributed by atoms with Crippen LogP contribution in [0.3, 0.4) is 0 Å². The van der Waals surface area contributed by atoms with Gasteiger partial charge in [0, 0.05) is 25.4 Å². The minimum atomic E-state index is -3.47. The van der Waals surface area contributed by atoms with Gasteiger partial charge in [-0.2, -0.15) is 10.4 Å². The van der Waals surface area contributed by atoms with Crippen molar-refractivity contribution in [3.63, 3.8) is 0 Å². The number of nitriles is 1. The van der Waals surface area contributed by atoms with E-state index in [1.54, 1.807) is 30.2 Å². The normalized spacial score (nSPS) is 11.1. The van der Waals surface area contributed by atoms with Gasteiger partial charge in [0.15, 0.2) is 5.75 Å². The predicted octanol–water partition coefficient (Wildman–Crippen LogP) is -0.637. The summed E-state index contributed by atoms with van der Waals surface area (Å²) in [6.07, 6.45) is 3.27. The zero-order chi connectivity index (χ0) is 10.6. The van der Waals surface area contributed by atoms with Crippen LogP contribution in [-0.2, 0) is 23.6 Å². The Balaban J connectivity index is 2.54. The monoisotopic (exact) mass is 214 g/mol. The van der Waals surface area contributed by atoms with Gasteiger partial charge in [0.2, 0.25) is 10.0 Å². The van der Waals surface area contributed by atoms with Crippen LogP contribution in [0.2, 0.25) is 0 Å². The molecule has 0 amide bonds. The molecule has 0 fully saturated rings. The third kappa shape index (κ3) is 3.16. The van der Waals surface area contributed by atoms with Crippen molar-refractivity contribution in [1.29, 1.82) is 5.26 Å². The summed E-state index contributed by atoms with van der Waals surface area (Å²) < 4.78 is 26.0. The molecule has 1 aromatic rings. The topological polar surface area (TPSA) is 87.8 Å². The Morgan fingerprint density at radius 1 is 1.71 bits per heavy atom. The maximum atomic E-state index is 11.0. The van der Waals surface area contributed by atoms with E-state index in [0.29, 0.717) is 0 Å². The van der Waals surface area contributed by atoms with Gasteiger partial charge >= 0.3 is 0 Å². The standard InChI is InChI=1S/C7H10N4O2S/c1-11-6-7(4-9-11)5-10-14(12,13)3-2-8/h4,6,10H,3,5H2,1H3. The van der Waals surface area contributed by atoms with Crippen molar-refractivity contribution in [2.45, 2.75) is 6.54 Å². The fourth-order valence-corrected chi connectivity index (χ4v) is 1.55. The molecule has 0 radical (unpaired) electrons. The average Bonchev–Trinajstić information content (AvgIpc) is 2.48. The van der Waals surface area contributed by atoms with E-state index in [-0.39, 0.29) is 6.54 Å². The molecule has 0 saturated heterocycles. The molecule has 0 unspecified atom stereocenters. The number of nitrogens with zero attached hydrogens (tertiary/aromatic N) is 3. The quantitative estimate of drug-likeness (QED) is 0.722. The number of hydrogen-bond acceptors (Lipinski definition) is 4. The third-order valence-electron chi connectivity index (χ3n) is 1.51. The average molecular weight is 214 g/mol. The lowest BCUT2D eigenvalue weighted by Crippen LogP contribution is -2.25. The smallest absolute Gasteiger partial charge is 0.225 e. The fourth-order valence-electron chi connectivity index (χ4n) is 0.892. The second-order valence-electron chi connectivity index (χ2n) is 2.76. The molecule has 1 N–H and O–H groups in total. The van der Waals surface area contributed by atoms with Crippen LogP contribution in [0, 0.1) is 11.3 Å². The van der Waals surface area contributed by atoms with Gasteiger partial charge in [-0.3, -0.25) is 4.68 Å². The number of aromatic nitrogens is 2. The van der Waals surface area contributed by atoms with Gasteiger partial charge in [0.05, 0.1) is 12.3 Å². The van der Waals surface area contributed by atoms with Gasteiger partial charge in [-0.15, -0.1) is 0 Å². The lowest BCUT2D eigenvalue weighted by Gasteiger charge is -1.99. The van der Waals surface area contributed by atoms with Crippen LogP contribution in [-0.4, -0.2) is 24.0 Å². The third-order valence-corrected chi connectivity index (χ3v) is 2.60. The molecule has 1 rings (SSSR count). The first-order chi connectivity index (χ1) is 6.53. The molecule has 76 valence electrons. The van der Waals surface area contributed by atoms with E-state index in [0.717, 1.165) is 5.56 Å². The van der Waals surface area contributed by atoms with E-state index in [9.17, 15) is 8.42 Å². The van der Waals surface area contributed by atoms with Crippen molar-refractivity contribution in [3.8, 4) is 6.07 Å². The van der Waals surface area contributed by atoms with Crippen LogP contribution < -0.4 is 4.72 Å². The van der Waals surface area contributed by atoms with E-state index in [4.69, 9.17) is 5.26 Å². The second kappa shape index (κ2) is 4.21. The molecular weight excluding hydrogens is 204 g/mol. The number of nitrogens with one attached hydrogen (secondary N) is 1. The van der Waals surface area contributed by atoms with Crippen LogP contribution in [0.1, 0.15) is 5.56 Å². The number of hydrogen-bond donors (Lipinski definition) is 1. The molecule has 0 aromatic carbocycles. The first-order valence-electron chi connectivity index (χ1n) is 3.85. The Bertz CT molecular complexity index is 443. The summed E-state index contributed by atoms with van der Waals surface area (Å²) in [5.74, 6) is -0.521. The van der Waals surface area contributed by atoms with E-state index in [1.807, 2.05) is 0 Å². The molecule has 0 aliphatic rings. The van der Waals surface area contributed by atoms with Gasteiger partial charge in [0.25, 0.3) is 0 Å². The minimum Gasteiger partial charge on any atom is -0.275 e. The van der Waals surface area contributed by atoms with Gasteiger partial charge in [-0.1, -0.05) is 0 Å². The Kier molecular flexibility index (Phi) is 3.22. The molecule has 0 atom stereocenters. The molecule has 1 aromatic heterocycles. The number of rotatable bonds is 4. The van der Waals surface area contributed by atoms with Gasteiger partial charge < -0.3 is 0 Å². The Morgan fingerprint density at radius 3 is 2.93 bits per heavy atom. The minimum absolute atomic E-state index is 0.165. The zero-order valence-corrected chi connectivity index (χ0v) is 8.45. The fraction of sp³-hybridized carbons (Fsp3) is 0.429. The van der Waals surface area contributed by atoms with E-state index >= 15 is 0 Å². The van der Waals surface area contributed by atoms with Crippen molar-refractivity contribution in [1.82, 2.24) is 14.5 Å². The molecular formula is C7H10N4O2S. The summed E-state index contributed by atoms with van der Waals surface area (Å²) in [7, 11) is -1.73. The van der Waals surface area contributed by atoms with Crippen LogP contribution >= 0.6 is 0 Å². The number of sulfonamides is 1. The maximum absolute atomic E-state index is 11.0. The molecule has 0 saturated carbocycles. The van der Waals surface area contributed by atoms with Gasteiger partial charge in [-0.05, 0) is 0 Å². The van der Waals surface area contributed by atoms with Crippen LogP contribution in [0.15, 0.2) is 12.4 Å². The summed E-state index contributed by atoms with van der Waals surface area (Å²) in [4.78, 5) is 0. The van der Waals surface area contributed by atoms with Crippen molar-refractivity contribution in [2.75, 3.05) is 5.75 Å². The highest BCUT2D eigenvalue weighted by molar-refractivity contribution is 7.89. The van der Waals surface area contributed by atoms with Crippen LogP contribution in [0.5, 0.6) is 0 Å². The summed E-state index contributed by atoms with van der Waals surface area (Å²) >= 11 is 0.